The van der Waals surface area contributed by atoms with E-state index < -0.39 is 0 Å². The lowest BCUT2D eigenvalue weighted by atomic mass is 10.2. The number of pyridine rings is 1. The maximum atomic E-state index is 12.2. The van der Waals surface area contributed by atoms with Gasteiger partial charge in [-0.05, 0) is 32.4 Å². The number of hydrogen-bond donors (Lipinski definition) is 3. The van der Waals surface area contributed by atoms with Crippen molar-refractivity contribution in [2.45, 2.75) is 27.2 Å². The molecule has 0 spiro atoms. The number of carbonyl (C=O) groups excluding carboxylic acids is 1. The number of anilines is 2. The van der Waals surface area contributed by atoms with Crippen LogP contribution in [0, 0.1) is 13.8 Å². The van der Waals surface area contributed by atoms with Gasteiger partial charge in [0.05, 0.1) is 11.4 Å². The van der Waals surface area contributed by atoms with Crippen LogP contribution in [-0.2, 0) is 6.42 Å². The first kappa shape index (κ1) is 14.8. The van der Waals surface area contributed by atoms with Gasteiger partial charge in [0.1, 0.15) is 5.82 Å². The number of aryl methyl sites for hydroxylation is 3. The highest BCUT2D eigenvalue weighted by Gasteiger charge is 2.12. The summed E-state index contributed by atoms with van der Waals surface area (Å²) in [5.74, 6) is 5.61. The van der Waals surface area contributed by atoms with Crippen molar-refractivity contribution < 1.29 is 4.79 Å². The molecular formula is C13H17N7O. The van der Waals surface area contributed by atoms with Crippen molar-refractivity contribution in [2.75, 3.05) is 10.7 Å². The minimum Gasteiger partial charge on any atom is -0.308 e. The molecule has 21 heavy (non-hydrogen) atoms. The summed E-state index contributed by atoms with van der Waals surface area (Å²) in [5.41, 5.74) is 5.07. The normalized spacial score (nSPS) is 10.3. The summed E-state index contributed by atoms with van der Waals surface area (Å²) in [6.45, 7) is 5.55. The summed E-state index contributed by atoms with van der Waals surface area (Å²) in [7, 11) is 0. The van der Waals surface area contributed by atoms with E-state index in [0.717, 1.165) is 11.4 Å². The Morgan fingerprint density at radius 3 is 2.57 bits per heavy atom. The van der Waals surface area contributed by atoms with E-state index in [1.54, 1.807) is 26.0 Å². The number of aromatic nitrogens is 4. The Morgan fingerprint density at radius 2 is 1.95 bits per heavy atom. The van der Waals surface area contributed by atoms with Crippen LogP contribution in [0.1, 0.15) is 34.4 Å². The molecule has 0 bridgehead atoms. The molecular weight excluding hydrogens is 270 g/mol. The first-order chi connectivity index (χ1) is 10.0. The molecule has 1 amide bonds. The predicted molar refractivity (Wildman–Crippen MR) is 78.7 cm³/mol. The first-order valence-corrected chi connectivity index (χ1v) is 6.50. The summed E-state index contributed by atoms with van der Waals surface area (Å²) < 4.78 is 0. The van der Waals surface area contributed by atoms with Gasteiger partial charge in [0.2, 0.25) is 5.95 Å². The molecule has 0 saturated heterocycles. The average molecular weight is 287 g/mol. The molecule has 0 saturated carbocycles. The quantitative estimate of drug-likeness (QED) is 0.566. The number of nitrogens with two attached hydrogens (primary N) is 1. The van der Waals surface area contributed by atoms with Crippen LogP contribution >= 0.6 is 0 Å². The molecule has 0 aromatic carbocycles. The molecule has 0 fully saturated rings. The number of nitrogen functional groups attached to an aromatic ring is 1. The second kappa shape index (κ2) is 6.23. The molecule has 2 rings (SSSR count). The minimum atomic E-state index is -0.339. The molecule has 0 aliphatic rings. The van der Waals surface area contributed by atoms with Gasteiger partial charge < -0.3 is 5.43 Å². The van der Waals surface area contributed by atoms with Gasteiger partial charge in [-0.15, -0.1) is 5.10 Å². The Labute approximate surface area is 122 Å². The number of hydrogen-bond acceptors (Lipinski definition) is 7. The SMILES string of the molecule is CCc1cc(C(=O)Nc2nnc(C)c(C)n2)cc(NN)n1. The molecule has 0 atom stereocenters. The molecule has 0 unspecified atom stereocenters. The van der Waals surface area contributed by atoms with Gasteiger partial charge in [0.15, 0.2) is 0 Å². The van der Waals surface area contributed by atoms with Crippen molar-refractivity contribution in [3.8, 4) is 0 Å². The van der Waals surface area contributed by atoms with Gasteiger partial charge in [-0.1, -0.05) is 6.92 Å². The minimum absolute atomic E-state index is 0.167. The number of amides is 1. The molecule has 4 N–H and O–H groups in total. The maximum Gasteiger partial charge on any atom is 0.258 e. The van der Waals surface area contributed by atoms with Gasteiger partial charge >= 0.3 is 0 Å². The number of rotatable bonds is 4. The number of nitrogens with zero attached hydrogens (tertiary/aromatic N) is 4. The summed E-state index contributed by atoms with van der Waals surface area (Å²) >= 11 is 0. The summed E-state index contributed by atoms with van der Waals surface area (Å²) in [6, 6.07) is 3.26. The third-order valence-electron chi connectivity index (χ3n) is 2.97. The van der Waals surface area contributed by atoms with Crippen molar-refractivity contribution in [3.63, 3.8) is 0 Å². The second-order valence-corrected chi connectivity index (χ2v) is 4.49. The molecule has 0 aliphatic carbocycles. The third kappa shape index (κ3) is 3.48. The van der Waals surface area contributed by atoms with E-state index in [-0.39, 0.29) is 11.9 Å². The number of carbonyl (C=O) groups is 1. The zero-order valence-corrected chi connectivity index (χ0v) is 12.1. The standard InChI is InChI=1S/C13H17N7O/c1-4-10-5-9(6-11(16-10)18-14)12(21)17-13-15-7(2)8(3)19-20-13/h5-6H,4,14H2,1-3H3,(H,16,18)(H,15,17,20,21). The van der Waals surface area contributed by atoms with E-state index in [9.17, 15) is 4.79 Å². The van der Waals surface area contributed by atoms with Crippen LogP contribution < -0.4 is 16.6 Å². The van der Waals surface area contributed by atoms with Crippen LogP contribution in [-0.4, -0.2) is 26.1 Å². The molecule has 2 aromatic rings. The predicted octanol–water partition coefficient (Wildman–Crippen LogP) is 0.984. The van der Waals surface area contributed by atoms with Crippen LogP contribution in [0.4, 0.5) is 11.8 Å². The van der Waals surface area contributed by atoms with Gasteiger partial charge in [0.25, 0.3) is 5.91 Å². The lowest BCUT2D eigenvalue weighted by Crippen LogP contribution is -2.17. The third-order valence-corrected chi connectivity index (χ3v) is 2.97. The van der Waals surface area contributed by atoms with Crippen LogP contribution in [0.15, 0.2) is 12.1 Å². The summed E-state index contributed by atoms with van der Waals surface area (Å²) in [4.78, 5) is 20.6. The molecule has 110 valence electrons. The van der Waals surface area contributed by atoms with Crippen molar-refractivity contribution in [1.82, 2.24) is 20.2 Å². The highest BCUT2D eigenvalue weighted by molar-refractivity contribution is 6.03. The molecule has 2 aromatic heterocycles. The zero-order valence-electron chi connectivity index (χ0n) is 12.1. The van der Waals surface area contributed by atoms with Crippen LogP contribution in [0.25, 0.3) is 0 Å². The smallest absolute Gasteiger partial charge is 0.258 e. The Bertz CT molecular complexity index is 649. The molecule has 8 heteroatoms. The Balaban J connectivity index is 2.25. The van der Waals surface area contributed by atoms with Crippen molar-refractivity contribution in [2.24, 2.45) is 5.84 Å². The summed E-state index contributed by atoms with van der Waals surface area (Å²) in [6.07, 6.45) is 0.692. The largest absolute Gasteiger partial charge is 0.308 e. The molecule has 8 nitrogen and oxygen atoms in total. The lowest BCUT2D eigenvalue weighted by molar-refractivity contribution is 0.102. The van der Waals surface area contributed by atoms with Gasteiger partial charge in [-0.3, -0.25) is 10.1 Å². The van der Waals surface area contributed by atoms with E-state index in [2.05, 4.69) is 30.9 Å². The van der Waals surface area contributed by atoms with Gasteiger partial charge in [0, 0.05) is 11.3 Å². The van der Waals surface area contributed by atoms with E-state index in [1.165, 1.54) is 0 Å². The van der Waals surface area contributed by atoms with E-state index >= 15 is 0 Å². The maximum absolute atomic E-state index is 12.2. The zero-order chi connectivity index (χ0) is 15.4. The molecule has 0 radical (unpaired) electrons. The topological polar surface area (TPSA) is 119 Å². The second-order valence-electron chi connectivity index (χ2n) is 4.49. The Hall–Kier alpha value is -2.61. The van der Waals surface area contributed by atoms with Gasteiger partial charge in [-0.25, -0.2) is 15.8 Å². The lowest BCUT2D eigenvalue weighted by Gasteiger charge is -2.08. The first-order valence-electron chi connectivity index (χ1n) is 6.50. The fourth-order valence-corrected chi connectivity index (χ4v) is 1.66. The molecule has 2 heterocycles. The average Bonchev–Trinajstić information content (AvgIpc) is 2.50. The summed E-state index contributed by atoms with van der Waals surface area (Å²) in [5, 5.41) is 10.4. The van der Waals surface area contributed by atoms with E-state index in [4.69, 9.17) is 5.84 Å². The monoisotopic (exact) mass is 287 g/mol. The van der Waals surface area contributed by atoms with E-state index in [1.807, 2.05) is 6.92 Å². The van der Waals surface area contributed by atoms with Crippen LogP contribution in [0.5, 0.6) is 0 Å². The van der Waals surface area contributed by atoms with Crippen molar-refractivity contribution in [1.29, 1.82) is 0 Å². The van der Waals surface area contributed by atoms with Crippen LogP contribution in [0.3, 0.4) is 0 Å². The number of nitrogens with one attached hydrogen (secondary N) is 2. The van der Waals surface area contributed by atoms with Crippen molar-refractivity contribution in [3.05, 3.63) is 34.8 Å². The van der Waals surface area contributed by atoms with Crippen LogP contribution in [0.2, 0.25) is 0 Å². The Kier molecular flexibility index (Phi) is 4.39. The van der Waals surface area contributed by atoms with Gasteiger partial charge in [-0.2, -0.15) is 5.10 Å². The molecule has 0 aliphatic heterocycles. The fourth-order valence-electron chi connectivity index (χ4n) is 1.66. The highest BCUT2D eigenvalue weighted by atomic mass is 16.1. The fraction of sp³-hybridized carbons (Fsp3) is 0.308. The Morgan fingerprint density at radius 1 is 1.19 bits per heavy atom. The number of hydrazine groups is 1. The van der Waals surface area contributed by atoms with E-state index in [0.29, 0.717) is 23.5 Å². The van der Waals surface area contributed by atoms with Crippen molar-refractivity contribution >= 4 is 17.7 Å². The highest BCUT2D eigenvalue weighted by Crippen LogP contribution is 2.12.